The third-order valence-electron chi connectivity index (χ3n) is 3.68. The summed E-state index contributed by atoms with van der Waals surface area (Å²) in [4.78, 5) is 0. The van der Waals surface area contributed by atoms with E-state index in [9.17, 15) is 5.11 Å². The van der Waals surface area contributed by atoms with E-state index in [4.69, 9.17) is 0 Å². The second-order valence-electron chi connectivity index (χ2n) is 4.79. The highest BCUT2D eigenvalue weighted by atomic mass is 16.3. The molecule has 1 aliphatic rings. The van der Waals surface area contributed by atoms with Gasteiger partial charge in [0.15, 0.2) is 0 Å². The normalized spacial score (nSPS) is 19.4. The van der Waals surface area contributed by atoms with Crippen LogP contribution in [0.5, 0.6) is 0 Å². The van der Waals surface area contributed by atoms with Crippen LogP contribution in [-0.2, 0) is 0 Å². The Kier molecular flexibility index (Phi) is 3.11. The fourth-order valence-corrected chi connectivity index (χ4v) is 2.80. The predicted octanol–water partition coefficient (Wildman–Crippen LogP) is 3.53. The SMILES string of the molecule is Cc1cccc(C)c1C(O)C1CCCC1. The summed E-state index contributed by atoms with van der Waals surface area (Å²) in [6.07, 6.45) is 4.71. The van der Waals surface area contributed by atoms with Gasteiger partial charge in [0.25, 0.3) is 0 Å². The van der Waals surface area contributed by atoms with Gasteiger partial charge in [-0.1, -0.05) is 31.0 Å². The van der Waals surface area contributed by atoms with Crippen molar-refractivity contribution in [3.8, 4) is 0 Å². The molecule has 1 atom stereocenters. The second-order valence-corrected chi connectivity index (χ2v) is 4.79. The van der Waals surface area contributed by atoms with Crippen molar-refractivity contribution in [3.63, 3.8) is 0 Å². The molecule has 0 amide bonds. The summed E-state index contributed by atoms with van der Waals surface area (Å²) in [7, 11) is 0. The zero-order valence-electron chi connectivity index (χ0n) is 9.66. The van der Waals surface area contributed by atoms with Crippen LogP contribution >= 0.6 is 0 Å². The first-order valence-electron chi connectivity index (χ1n) is 5.94. The highest BCUT2D eigenvalue weighted by Gasteiger charge is 2.26. The molecule has 1 aliphatic carbocycles. The van der Waals surface area contributed by atoms with Crippen molar-refractivity contribution < 1.29 is 5.11 Å². The molecular weight excluding hydrogens is 184 g/mol. The Morgan fingerprint density at radius 1 is 1.13 bits per heavy atom. The van der Waals surface area contributed by atoms with E-state index in [2.05, 4.69) is 32.0 Å². The van der Waals surface area contributed by atoms with Crippen LogP contribution in [0.2, 0.25) is 0 Å². The number of aliphatic hydroxyl groups excluding tert-OH is 1. The van der Waals surface area contributed by atoms with Gasteiger partial charge in [0, 0.05) is 0 Å². The molecule has 82 valence electrons. The van der Waals surface area contributed by atoms with E-state index in [-0.39, 0.29) is 6.10 Å². The Balaban J connectivity index is 2.27. The minimum Gasteiger partial charge on any atom is -0.388 e. The monoisotopic (exact) mass is 204 g/mol. The van der Waals surface area contributed by atoms with E-state index in [0.717, 1.165) is 0 Å². The van der Waals surface area contributed by atoms with Gasteiger partial charge in [-0.15, -0.1) is 0 Å². The van der Waals surface area contributed by atoms with Gasteiger partial charge in [-0.05, 0) is 49.3 Å². The van der Waals surface area contributed by atoms with Gasteiger partial charge < -0.3 is 5.11 Å². The number of hydrogen-bond donors (Lipinski definition) is 1. The van der Waals surface area contributed by atoms with Gasteiger partial charge in [-0.25, -0.2) is 0 Å². The lowest BCUT2D eigenvalue weighted by molar-refractivity contribution is 0.110. The highest BCUT2D eigenvalue weighted by molar-refractivity contribution is 5.35. The van der Waals surface area contributed by atoms with Crippen molar-refractivity contribution >= 4 is 0 Å². The Labute approximate surface area is 92.1 Å². The van der Waals surface area contributed by atoms with Crippen molar-refractivity contribution in [2.45, 2.75) is 45.6 Å². The summed E-state index contributed by atoms with van der Waals surface area (Å²) in [6.45, 7) is 4.20. The van der Waals surface area contributed by atoms with Crippen molar-refractivity contribution in [2.24, 2.45) is 5.92 Å². The molecule has 15 heavy (non-hydrogen) atoms. The van der Waals surface area contributed by atoms with Gasteiger partial charge in [0.05, 0.1) is 6.10 Å². The lowest BCUT2D eigenvalue weighted by Crippen LogP contribution is -2.11. The quantitative estimate of drug-likeness (QED) is 0.781. The summed E-state index contributed by atoms with van der Waals surface area (Å²) in [5.74, 6) is 0.491. The van der Waals surface area contributed by atoms with Gasteiger partial charge in [-0.3, -0.25) is 0 Å². The number of rotatable bonds is 2. The maximum Gasteiger partial charge on any atom is 0.0823 e. The van der Waals surface area contributed by atoms with Gasteiger partial charge in [-0.2, -0.15) is 0 Å². The summed E-state index contributed by atoms with van der Waals surface area (Å²) in [5, 5.41) is 10.4. The molecule has 2 rings (SSSR count). The Bertz CT molecular complexity index is 317. The average molecular weight is 204 g/mol. The van der Waals surface area contributed by atoms with E-state index in [0.29, 0.717) is 5.92 Å². The van der Waals surface area contributed by atoms with Crippen molar-refractivity contribution in [3.05, 3.63) is 34.9 Å². The zero-order chi connectivity index (χ0) is 10.8. The Hall–Kier alpha value is -0.820. The molecule has 1 N–H and O–H groups in total. The molecule has 1 nitrogen and oxygen atoms in total. The minimum absolute atomic E-state index is 0.242. The summed E-state index contributed by atoms with van der Waals surface area (Å²) in [5.41, 5.74) is 3.63. The molecule has 1 unspecified atom stereocenters. The van der Waals surface area contributed by atoms with Gasteiger partial charge in [0.1, 0.15) is 0 Å². The number of aryl methyl sites for hydroxylation is 2. The molecule has 1 fully saturated rings. The molecule has 1 saturated carbocycles. The smallest absolute Gasteiger partial charge is 0.0823 e. The molecular formula is C14H20O. The maximum absolute atomic E-state index is 10.4. The molecule has 0 aliphatic heterocycles. The van der Waals surface area contributed by atoms with Crippen LogP contribution in [0.3, 0.4) is 0 Å². The van der Waals surface area contributed by atoms with Crippen molar-refractivity contribution in [1.29, 1.82) is 0 Å². The molecule has 0 aromatic heterocycles. The van der Waals surface area contributed by atoms with Crippen LogP contribution in [-0.4, -0.2) is 5.11 Å². The van der Waals surface area contributed by atoms with Crippen LogP contribution < -0.4 is 0 Å². The van der Waals surface area contributed by atoms with Crippen LogP contribution in [0.15, 0.2) is 18.2 Å². The van der Waals surface area contributed by atoms with E-state index in [1.54, 1.807) is 0 Å². The van der Waals surface area contributed by atoms with Crippen molar-refractivity contribution in [2.75, 3.05) is 0 Å². The van der Waals surface area contributed by atoms with E-state index >= 15 is 0 Å². The van der Waals surface area contributed by atoms with Crippen LogP contribution in [0.1, 0.15) is 48.5 Å². The molecule has 0 saturated heterocycles. The molecule has 0 radical (unpaired) electrons. The minimum atomic E-state index is -0.242. The first-order chi connectivity index (χ1) is 7.20. The zero-order valence-corrected chi connectivity index (χ0v) is 9.66. The van der Waals surface area contributed by atoms with Crippen molar-refractivity contribution in [1.82, 2.24) is 0 Å². The first kappa shape index (κ1) is 10.7. The number of aliphatic hydroxyl groups is 1. The fraction of sp³-hybridized carbons (Fsp3) is 0.571. The highest BCUT2D eigenvalue weighted by Crippen LogP contribution is 2.37. The van der Waals surface area contributed by atoms with E-state index in [1.807, 2.05) is 0 Å². The number of benzene rings is 1. The molecule has 1 aromatic rings. The molecule has 0 spiro atoms. The van der Waals surface area contributed by atoms with E-state index in [1.165, 1.54) is 42.4 Å². The Morgan fingerprint density at radius 3 is 2.20 bits per heavy atom. The van der Waals surface area contributed by atoms with Crippen LogP contribution in [0, 0.1) is 19.8 Å². The van der Waals surface area contributed by atoms with E-state index < -0.39 is 0 Å². The van der Waals surface area contributed by atoms with Crippen LogP contribution in [0.25, 0.3) is 0 Å². The Morgan fingerprint density at radius 2 is 1.67 bits per heavy atom. The first-order valence-corrected chi connectivity index (χ1v) is 5.94. The largest absolute Gasteiger partial charge is 0.388 e. The third kappa shape index (κ3) is 2.07. The third-order valence-corrected chi connectivity index (χ3v) is 3.68. The summed E-state index contributed by atoms with van der Waals surface area (Å²) < 4.78 is 0. The summed E-state index contributed by atoms with van der Waals surface area (Å²) in [6, 6.07) is 6.26. The van der Waals surface area contributed by atoms with Gasteiger partial charge >= 0.3 is 0 Å². The predicted molar refractivity (Wildman–Crippen MR) is 62.8 cm³/mol. The molecule has 0 bridgehead atoms. The maximum atomic E-state index is 10.4. The fourth-order valence-electron chi connectivity index (χ4n) is 2.80. The molecule has 0 heterocycles. The average Bonchev–Trinajstić information content (AvgIpc) is 2.69. The van der Waals surface area contributed by atoms with Gasteiger partial charge in [0.2, 0.25) is 0 Å². The lowest BCUT2D eigenvalue weighted by atomic mass is 9.89. The summed E-state index contributed by atoms with van der Waals surface area (Å²) >= 11 is 0. The lowest BCUT2D eigenvalue weighted by Gasteiger charge is -2.21. The molecule has 1 heteroatoms. The standard InChI is InChI=1S/C14H20O/c1-10-6-5-7-11(2)13(10)14(15)12-8-3-4-9-12/h5-7,12,14-15H,3-4,8-9H2,1-2H3. The van der Waals surface area contributed by atoms with Crippen LogP contribution in [0.4, 0.5) is 0 Å². The number of hydrogen-bond acceptors (Lipinski definition) is 1. The second kappa shape index (κ2) is 4.36. The molecule has 1 aromatic carbocycles. The topological polar surface area (TPSA) is 20.2 Å².